The first-order chi connectivity index (χ1) is 12.0. The Morgan fingerprint density at radius 3 is 3.04 bits per heavy atom. The van der Waals surface area contributed by atoms with Crippen LogP contribution in [0.15, 0.2) is 23.6 Å². The highest BCUT2D eigenvalue weighted by Gasteiger charge is 2.32. The summed E-state index contributed by atoms with van der Waals surface area (Å²) >= 11 is 7.70. The summed E-state index contributed by atoms with van der Waals surface area (Å²) in [6, 6.07) is 5.60. The van der Waals surface area contributed by atoms with Gasteiger partial charge in [-0.15, -0.1) is 11.3 Å². The third-order valence-corrected chi connectivity index (χ3v) is 5.75. The summed E-state index contributed by atoms with van der Waals surface area (Å²) in [5.41, 5.74) is 1.05. The van der Waals surface area contributed by atoms with E-state index < -0.39 is 6.04 Å². The molecule has 3 rings (SSSR count). The van der Waals surface area contributed by atoms with Crippen LogP contribution in [0.4, 0.5) is 0 Å². The molecule has 0 saturated carbocycles. The quantitative estimate of drug-likeness (QED) is 0.839. The molecule has 7 heteroatoms. The summed E-state index contributed by atoms with van der Waals surface area (Å²) < 4.78 is 1.14. The molecule has 1 aliphatic heterocycles. The van der Waals surface area contributed by atoms with E-state index in [4.69, 9.17) is 11.6 Å². The predicted octanol–water partition coefficient (Wildman–Crippen LogP) is 2.77. The SMILES string of the molecule is CC(C)N1CCNC(=O)[C@@H]1CC(=O)NCc1csc2ccc(Cl)cc12. The molecular weight excluding hydrogens is 358 g/mol. The van der Waals surface area contributed by atoms with Crippen LogP contribution in [0.5, 0.6) is 0 Å². The van der Waals surface area contributed by atoms with Crippen LogP contribution >= 0.6 is 22.9 Å². The summed E-state index contributed by atoms with van der Waals surface area (Å²) in [5.74, 6) is -0.183. The summed E-state index contributed by atoms with van der Waals surface area (Å²) in [7, 11) is 0. The van der Waals surface area contributed by atoms with Gasteiger partial charge in [0.05, 0.1) is 12.5 Å². The van der Waals surface area contributed by atoms with Gasteiger partial charge in [-0.05, 0) is 48.4 Å². The van der Waals surface area contributed by atoms with Crippen molar-refractivity contribution in [3.63, 3.8) is 0 Å². The third kappa shape index (κ3) is 4.14. The fourth-order valence-corrected chi connectivity index (χ4v) is 4.31. The lowest BCUT2D eigenvalue weighted by Gasteiger charge is -2.37. The first-order valence-corrected chi connectivity index (χ1v) is 9.67. The number of hydrogen-bond acceptors (Lipinski definition) is 4. The van der Waals surface area contributed by atoms with Crippen LogP contribution < -0.4 is 10.6 Å². The van der Waals surface area contributed by atoms with Gasteiger partial charge in [0.15, 0.2) is 0 Å². The van der Waals surface area contributed by atoms with Gasteiger partial charge >= 0.3 is 0 Å². The number of hydrogen-bond donors (Lipinski definition) is 2. The van der Waals surface area contributed by atoms with Crippen LogP contribution in [0.1, 0.15) is 25.8 Å². The maximum atomic E-state index is 12.4. The zero-order chi connectivity index (χ0) is 18.0. The van der Waals surface area contributed by atoms with E-state index >= 15 is 0 Å². The van der Waals surface area contributed by atoms with E-state index in [0.29, 0.717) is 18.1 Å². The van der Waals surface area contributed by atoms with E-state index in [0.717, 1.165) is 22.2 Å². The molecule has 1 fully saturated rings. The molecule has 0 aliphatic carbocycles. The topological polar surface area (TPSA) is 61.4 Å². The van der Waals surface area contributed by atoms with Gasteiger partial charge in [-0.25, -0.2) is 0 Å². The molecule has 25 heavy (non-hydrogen) atoms. The van der Waals surface area contributed by atoms with Gasteiger partial charge in [0.1, 0.15) is 0 Å². The Morgan fingerprint density at radius 1 is 1.48 bits per heavy atom. The van der Waals surface area contributed by atoms with Crippen molar-refractivity contribution >= 4 is 44.8 Å². The maximum Gasteiger partial charge on any atom is 0.237 e. The molecule has 0 unspecified atom stereocenters. The molecular formula is C18H22ClN3O2S. The molecule has 0 radical (unpaired) electrons. The molecule has 1 saturated heterocycles. The van der Waals surface area contributed by atoms with E-state index in [2.05, 4.69) is 15.5 Å². The molecule has 2 aromatic rings. The highest BCUT2D eigenvalue weighted by Crippen LogP contribution is 2.28. The smallest absolute Gasteiger partial charge is 0.237 e. The molecule has 134 valence electrons. The van der Waals surface area contributed by atoms with Gasteiger partial charge in [-0.2, -0.15) is 0 Å². The lowest BCUT2D eigenvalue weighted by atomic mass is 10.1. The standard InChI is InChI=1S/C18H22ClN3O2S/c1-11(2)22-6-5-20-18(24)15(22)8-17(23)21-9-12-10-25-16-4-3-13(19)7-14(12)16/h3-4,7,10-11,15H,5-6,8-9H2,1-2H3,(H,20,24)(H,21,23)/t15-/m0/s1. The van der Waals surface area contributed by atoms with E-state index in [-0.39, 0.29) is 24.3 Å². The fourth-order valence-electron chi connectivity index (χ4n) is 3.19. The van der Waals surface area contributed by atoms with Gasteiger partial charge in [0.2, 0.25) is 11.8 Å². The molecule has 0 bridgehead atoms. The molecule has 2 N–H and O–H groups in total. The van der Waals surface area contributed by atoms with E-state index in [1.54, 1.807) is 11.3 Å². The minimum atomic E-state index is -0.401. The van der Waals surface area contributed by atoms with Crippen molar-refractivity contribution in [3.05, 3.63) is 34.2 Å². The van der Waals surface area contributed by atoms with Crippen LogP contribution in [-0.4, -0.2) is 41.9 Å². The van der Waals surface area contributed by atoms with Crippen molar-refractivity contribution in [3.8, 4) is 0 Å². The van der Waals surface area contributed by atoms with Crippen molar-refractivity contribution in [1.29, 1.82) is 0 Å². The van der Waals surface area contributed by atoms with Crippen LogP contribution in [0.2, 0.25) is 5.02 Å². The normalized spacial score (nSPS) is 18.6. The number of carbonyl (C=O) groups is 2. The number of thiophene rings is 1. The Hall–Kier alpha value is -1.63. The van der Waals surface area contributed by atoms with Crippen molar-refractivity contribution in [2.45, 2.75) is 38.9 Å². The number of carbonyl (C=O) groups excluding carboxylic acids is 2. The van der Waals surface area contributed by atoms with Gasteiger partial charge in [-0.3, -0.25) is 14.5 Å². The lowest BCUT2D eigenvalue weighted by molar-refractivity contribution is -0.134. The molecule has 2 heterocycles. The predicted molar refractivity (Wildman–Crippen MR) is 102 cm³/mol. The zero-order valence-electron chi connectivity index (χ0n) is 14.3. The van der Waals surface area contributed by atoms with Crippen molar-refractivity contribution in [2.24, 2.45) is 0 Å². The molecule has 1 aromatic carbocycles. The second-order valence-electron chi connectivity index (χ2n) is 6.52. The highest BCUT2D eigenvalue weighted by molar-refractivity contribution is 7.17. The average Bonchev–Trinajstić information content (AvgIpc) is 2.96. The minimum Gasteiger partial charge on any atom is -0.353 e. The van der Waals surface area contributed by atoms with Crippen molar-refractivity contribution < 1.29 is 9.59 Å². The van der Waals surface area contributed by atoms with Crippen LogP contribution in [0.25, 0.3) is 10.1 Å². The lowest BCUT2D eigenvalue weighted by Crippen LogP contribution is -2.58. The Labute approximate surface area is 156 Å². The Morgan fingerprint density at radius 2 is 2.28 bits per heavy atom. The van der Waals surface area contributed by atoms with Crippen LogP contribution in [0.3, 0.4) is 0 Å². The second-order valence-corrected chi connectivity index (χ2v) is 7.87. The highest BCUT2D eigenvalue weighted by atomic mass is 35.5. The summed E-state index contributed by atoms with van der Waals surface area (Å²) in [4.78, 5) is 26.6. The summed E-state index contributed by atoms with van der Waals surface area (Å²) in [6.07, 6.45) is 0.173. The molecule has 1 aliphatic rings. The number of benzene rings is 1. The molecule has 5 nitrogen and oxygen atoms in total. The van der Waals surface area contributed by atoms with Crippen LogP contribution in [0, 0.1) is 0 Å². The third-order valence-electron chi connectivity index (χ3n) is 4.51. The summed E-state index contributed by atoms with van der Waals surface area (Å²) in [6.45, 7) is 5.94. The molecule has 0 spiro atoms. The summed E-state index contributed by atoms with van der Waals surface area (Å²) in [5, 5.41) is 9.58. The number of nitrogens with one attached hydrogen (secondary N) is 2. The number of rotatable bonds is 5. The first-order valence-electron chi connectivity index (χ1n) is 8.41. The minimum absolute atomic E-state index is 0.0668. The number of amides is 2. The number of piperazine rings is 1. The molecule has 1 atom stereocenters. The van der Waals surface area contributed by atoms with Crippen molar-refractivity contribution in [2.75, 3.05) is 13.1 Å². The van der Waals surface area contributed by atoms with Gasteiger partial charge in [-0.1, -0.05) is 11.6 Å². The largest absolute Gasteiger partial charge is 0.353 e. The van der Waals surface area contributed by atoms with Gasteiger partial charge < -0.3 is 10.6 Å². The fraction of sp³-hybridized carbons (Fsp3) is 0.444. The van der Waals surface area contributed by atoms with Gasteiger partial charge in [0.25, 0.3) is 0 Å². The Balaban J connectivity index is 1.63. The number of fused-ring (bicyclic) bond motifs is 1. The van der Waals surface area contributed by atoms with E-state index in [9.17, 15) is 9.59 Å². The van der Waals surface area contributed by atoms with E-state index in [1.165, 1.54) is 0 Å². The zero-order valence-corrected chi connectivity index (χ0v) is 15.9. The monoisotopic (exact) mass is 379 g/mol. The Kier molecular flexibility index (Phi) is 5.61. The second kappa shape index (κ2) is 7.72. The number of nitrogens with zero attached hydrogens (tertiary/aromatic N) is 1. The molecule has 2 amide bonds. The maximum absolute atomic E-state index is 12.4. The van der Waals surface area contributed by atoms with Crippen molar-refractivity contribution in [1.82, 2.24) is 15.5 Å². The van der Waals surface area contributed by atoms with Gasteiger partial charge in [0, 0.05) is 35.4 Å². The van der Waals surface area contributed by atoms with E-state index in [1.807, 2.05) is 37.4 Å². The average molecular weight is 380 g/mol. The van der Waals surface area contributed by atoms with Crippen LogP contribution in [-0.2, 0) is 16.1 Å². The first kappa shape index (κ1) is 18.2. The Bertz CT molecular complexity index is 790. The molecule has 1 aromatic heterocycles. The number of halogens is 1.